The van der Waals surface area contributed by atoms with Gasteiger partial charge in [0.05, 0.1) is 18.0 Å². The highest BCUT2D eigenvalue weighted by Crippen LogP contribution is 2.30. The van der Waals surface area contributed by atoms with Crippen LogP contribution >= 0.6 is 0 Å². The summed E-state index contributed by atoms with van der Waals surface area (Å²) < 4.78 is 30.4. The first-order chi connectivity index (χ1) is 10.9. The molecule has 1 N–H and O–H groups in total. The molecule has 1 aromatic rings. The van der Waals surface area contributed by atoms with Crippen molar-refractivity contribution in [3.63, 3.8) is 0 Å². The number of hydrogen-bond donors (Lipinski definition) is 1. The molecular weight excluding hydrogens is 318 g/mol. The summed E-state index contributed by atoms with van der Waals surface area (Å²) in [5.74, 6) is -0.0695. The van der Waals surface area contributed by atoms with Crippen LogP contribution in [0.4, 0.5) is 5.69 Å². The summed E-state index contributed by atoms with van der Waals surface area (Å²) in [6, 6.07) is 5.07. The third-order valence-electron chi connectivity index (χ3n) is 3.78. The summed E-state index contributed by atoms with van der Waals surface area (Å²) in [5.41, 5.74) is 1.88. The third kappa shape index (κ3) is 4.01. The number of ether oxygens (including phenoxy) is 1. The Labute approximate surface area is 137 Å². The number of amides is 1. The lowest BCUT2D eigenvalue weighted by Crippen LogP contribution is -2.37. The summed E-state index contributed by atoms with van der Waals surface area (Å²) in [6.45, 7) is 1.93. The van der Waals surface area contributed by atoms with E-state index in [-0.39, 0.29) is 17.3 Å². The smallest absolute Gasteiger partial charge is 0.242 e. The van der Waals surface area contributed by atoms with Gasteiger partial charge in [0.15, 0.2) is 0 Å². The largest absolute Gasteiger partial charge is 0.383 e. The Hall–Kier alpha value is -1.64. The van der Waals surface area contributed by atoms with Crippen molar-refractivity contribution in [2.75, 3.05) is 52.3 Å². The maximum Gasteiger partial charge on any atom is 0.242 e. The van der Waals surface area contributed by atoms with E-state index in [4.69, 9.17) is 4.74 Å². The van der Waals surface area contributed by atoms with Crippen LogP contribution in [0.25, 0.3) is 0 Å². The number of benzene rings is 1. The molecule has 8 heteroatoms. The van der Waals surface area contributed by atoms with Crippen molar-refractivity contribution in [1.29, 1.82) is 0 Å². The average molecular weight is 341 g/mol. The van der Waals surface area contributed by atoms with E-state index < -0.39 is 10.0 Å². The van der Waals surface area contributed by atoms with Gasteiger partial charge in [-0.25, -0.2) is 12.7 Å². The standard InChI is InChI=1S/C15H23N3O4S/c1-17(2)23(20,21)13-4-5-14-12(10-13)6-8-18(14)11-15(19)16-7-9-22-3/h4-5,10H,6-9,11H2,1-3H3,(H,16,19). The molecule has 0 fully saturated rings. The number of fused-ring (bicyclic) bond motifs is 1. The molecule has 1 heterocycles. The summed E-state index contributed by atoms with van der Waals surface area (Å²) >= 11 is 0. The van der Waals surface area contributed by atoms with E-state index in [0.29, 0.717) is 19.7 Å². The van der Waals surface area contributed by atoms with Crippen LogP contribution in [0.5, 0.6) is 0 Å². The Morgan fingerprint density at radius 3 is 2.78 bits per heavy atom. The van der Waals surface area contributed by atoms with Gasteiger partial charge in [0.1, 0.15) is 0 Å². The summed E-state index contributed by atoms with van der Waals surface area (Å²) in [4.78, 5) is 14.1. The number of methoxy groups -OCH3 is 1. The Morgan fingerprint density at radius 1 is 1.39 bits per heavy atom. The zero-order valence-corrected chi connectivity index (χ0v) is 14.5. The van der Waals surface area contributed by atoms with Gasteiger partial charge in [0.25, 0.3) is 0 Å². The molecule has 2 rings (SSSR count). The highest BCUT2D eigenvalue weighted by atomic mass is 32.2. The van der Waals surface area contributed by atoms with Crippen molar-refractivity contribution < 1.29 is 17.9 Å². The molecule has 0 aromatic heterocycles. The number of rotatable bonds is 7. The number of carbonyl (C=O) groups excluding carboxylic acids is 1. The molecule has 0 spiro atoms. The van der Waals surface area contributed by atoms with E-state index in [2.05, 4.69) is 5.32 Å². The second-order valence-corrected chi connectivity index (χ2v) is 7.74. The van der Waals surface area contributed by atoms with Gasteiger partial charge in [0, 0.05) is 40.0 Å². The summed E-state index contributed by atoms with van der Waals surface area (Å²) in [6.07, 6.45) is 0.734. The number of sulfonamides is 1. The van der Waals surface area contributed by atoms with Crippen molar-refractivity contribution in [2.24, 2.45) is 0 Å². The first kappa shape index (κ1) is 17.7. The minimum Gasteiger partial charge on any atom is -0.383 e. The maximum absolute atomic E-state index is 12.2. The van der Waals surface area contributed by atoms with Crippen LogP contribution in [0.2, 0.25) is 0 Å². The van der Waals surface area contributed by atoms with Gasteiger partial charge in [-0.05, 0) is 30.2 Å². The van der Waals surface area contributed by atoms with Crippen molar-refractivity contribution in [3.8, 4) is 0 Å². The molecule has 0 saturated carbocycles. The molecule has 0 radical (unpaired) electrons. The van der Waals surface area contributed by atoms with Gasteiger partial charge >= 0.3 is 0 Å². The van der Waals surface area contributed by atoms with Crippen molar-refractivity contribution in [1.82, 2.24) is 9.62 Å². The van der Waals surface area contributed by atoms with Crippen LogP contribution in [-0.2, 0) is 26.0 Å². The number of hydrogen-bond acceptors (Lipinski definition) is 5. The lowest BCUT2D eigenvalue weighted by molar-refractivity contribution is -0.119. The number of nitrogens with one attached hydrogen (secondary N) is 1. The minimum atomic E-state index is -3.43. The number of carbonyl (C=O) groups is 1. The quantitative estimate of drug-likeness (QED) is 0.710. The molecule has 7 nitrogen and oxygen atoms in total. The number of nitrogens with zero attached hydrogens (tertiary/aromatic N) is 2. The Morgan fingerprint density at radius 2 is 2.13 bits per heavy atom. The molecular formula is C15H23N3O4S. The first-order valence-corrected chi connectivity index (χ1v) is 8.86. The van der Waals surface area contributed by atoms with Crippen molar-refractivity contribution in [2.45, 2.75) is 11.3 Å². The van der Waals surface area contributed by atoms with Crippen LogP contribution in [-0.4, -0.2) is 66.1 Å². The Bertz CT molecular complexity index is 673. The monoisotopic (exact) mass is 341 g/mol. The second-order valence-electron chi connectivity index (χ2n) is 5.59. The van der Waals surface area contributed by atoms with Gasteiger partial charge in [-0.1, -0.05) is 0 Å². The van der Waals surface area contributed by atoms with Crippen LogP contribution in [0.15, 0.2) is 23.1 Å². The van der Waals surface area contributed by atoms with Gasteiger partial charge in [-0.2, -0.15) is 0 Å². The molecule has 0 atom stereocenters. The van der Waals surface area contributed by atoms with Crippen molar-refractivity contribution in [3.05, 3.63) is 23.8 Å². The van der Waals surface area contributed by atoms with E-state index in [1.54, 1.807) is 25.3 Å². The first-order valence-electron chi connectivity index (χ1n) is 7.42. The van der Waals surface area contributed by atoms with Gasteiger partial charge < -0.3 is 15.0 Å². The molecule has 0 bridgehead atoms. The van der Waals surface area contributed by atoms with E-state index in [1.807, 2.05) is 4.90 Å². The third-order valence-corrected chi connectivity index (χ3v) is 5.60. The van der Waals surface area contributed by atoms with Gasteiger partial charge in [-0.15, -0.1) is 0 Å². The van der Waals surface area contributed by atoms with E-state index >= 15 is 0 Å². The highest BCUT2D eigenvalue weighted by Gasteiger charge is 2.24. The zero-order valence-electron chi connectivity index (χ0n) is 13.7. The summed E-state index contributed by atoms with van der Waals surface area (Å²) in [5, 5.41) is 2.78. The lowest BCUT2D eigenvalue weighted by Gasteiger charge is -2.19. The van der Waals surface area contributed by atoms with Crippen LogP contribution in [0, 0.1) is 0 Å². The predicted molar refractivity (Wildman–Crippen MR) is 88.1 cm³/mol. The lowest BCUT2D eigenvalue weighted by atomic mass is 10.2. The molecule has 1 aliphatic heterocycles. The molecule has 23 heavy (non-hydrogen) atoms. The molecule has 0 unspecified atom stereocenters. The van der Waals surface area contributed by atoms with Gasteiger partial charge in [0.2, 0.25) is 15.9 Å². The van der Waals surface area contributed by atoms with E-state index in [9.17, 15) is 13.2 Å². The Kier molecular flexibility index (Phi) is 5.61. The van der Waals surface area contributed by atoms with Crippen LogP contribution in [0.3, 0.4) is 0 Å². The summed E-state index contributed by atoms with van der Waals surface area (Å²) in [7, 11) is 1.18. The predicted octanol–water partition coefficient (Wildman–Crippen LogP) is 0.0620. The molecule has 128 valence electrons. The van der Waals surface area contributed by atoms with Gasteiger partial charge in [-0.3, -0.25) is 4.79 Å². The van der Waals surface area contributed by atoms with Crippen LogP contribution in [0.1, 0.15) is 5.56 Å². The zero-order chi connectivity index (χ0) is 17.0. The second kappa shape index (κ2) is 7.29. The van der Waals surface area contributed by atoms with Crippen LogP contribution < -0.4 is 10.2 Å². The molecule has 1 aliphatic rings. The highest BCUT2D eigenvalue weighted by molar-refractivity contribution is 7.89. The van der Waals surface area contributed by atoms with E-state index in [1.165, 1.54) is 18.4 Å². The average Bonchev–Trinajstić information content (AvgIpc) is 2.89. The fraction of sp³-hybridized carbons (Fsp3) is 0.533. The SMILES string of the molecule is COCCNC(=O)CN1CCc2cc(S(=O)(=O)N(C)C)ccc21. The molecule has 0 aliphatic carbocycles. The van der Waals surface area contributed by atoms with E-state index in [0.717, 1.165) is 17.7 Å². The fourth-order valence-corrected chi connectivity index (χ4v) is 3.46. The maximum atomic E-state index is 12.2. The fourth-order valence-electron chi connectivity index (χ4n) is 2.50. The molecule has 0 saturated heterocycles. The van der Waals surface area contributed by atoms with Crippen molar-refractivity contribution >= 4 is 21.6 Å². The Balaban J connectivity index is 2.08. The normalized spacial score (nSPS) is 14.2. The topological polar surface area (TPSA) is 79.0 Å². The number of anilines is 1. The molecule has 1 amide bonds. The molecule has 1 aromatic carbocycles. The minimum absolute atomic E-state index is 0.0695.